The van der Waals surface area contributed by atoms with Gasteiger partial charge in [-0.25, -0.2) is 0 Å². The molecule has 0 spiro atoms. The van der Waals surface area contributed by atoms with E-state index in [4.69, 9.17) is 11.6 Å². The Hall–Kier alpha value is -1.32. The highest BCUT2D eigenvalue weighted by Crippen LogP contribution is 2.21. The average Bonchev–Trinajstić information content (AvgIpc) is 2.58. The first-order valence-corrected chi connectivity index (χ1v) is 5.90. The Balaban J connectivity index is 2.19. The normalized spacial score (nSPS) is 12.7. The molecule has 0 bridgehead atoms. The van der Waals surface area contributed by atoms with Crippen LogP contribution in [0, 0.1) is 13.8 Å². The van der Waals surface area contributed by atoms with Gasteiger partial charge in [0, 0.05) is 0 Å². The fraction of sp³-hybridized carbons (Fsp3) is 0.308. The molecule has 0 aliphatic heterocycles. The highest BCUT2D eigenvalue weighted by Gasteiger charge is 2.13. The maximum atomic E-state index is 10.1. The number of aliphatic hydroxyl groups excluding tert-OH is 1. The van der Waals surface area contributed by atoms with Gasteiger partial charge in [-0.3, -0.25) is 4.68 Å². The van der Waals surface area contributed by atoms with Gasteiger partial charge in [-0.1, -0.05) is 41.9 Å². The Bertz CT molecular complexity index is 508. The second-order valence-electron chi connectivity index (χ2n) is 4.09. The summed E-state index contributed by atoms with van der Waals surface area (Å²) in [4.78, 5) is 0. The number of benzene rings is 1. The number of rotatable bonds is 3. The van der Waals surface area contributed by atoms with Gasteiger partial charge in [0.25, 0.3) is 0 Å². The van der Waals surface area contributed by atoms with Crippen LogP contribution in [-0.4, -0.2) is 14.9 Å². The minimum Gasteiger partial charge on any atom is -0.386 e. The fourth-order valence-corrected chi connectivity index (χ4v) is 1.93. The van der Waals surface area contributed by atoms with Crippen LogP contribution >= 0.6 is 11.6 Å². The predicted octanol–water partition coefficient (Wildman–Crippen LogP) is 2.89. The molecular formula is C13H15ClN2O. The molecule has 2 aromatic rings. The second-order valence-corrected chi connectivity index (χ2v) is 4.47. The molecule has 1 atom stereocenters. The van der Waals surface area contributed by atoms with E-state index in [1.54, 1.807) is 4.68 Å². The quantitative estimate of drug-likeness (QED) is 0.910. The molecule has 0 aliphatic carbocycles. The molecule has 2 rings (SSSR count). The predicted molar refractivity (Wildman–Crippen MR) is 68.1 cm³/mol. The van der Waals surface area contributed by atoms with Gasteiger partial charge in [-0.15, -0.1) is 0 Å². The third kappa shape index (κ3) is 2.51. The minimum atomic E-state index is -0.565. The third-order valence-corrected chi connectivity index (χ3v) is 3.37. The number of aryl methyl sites for hydroxylation is 1. The van der Waals surface area contributed by atoms with Crippen molar-refractivity contribution in [2.24, 2.45) is 0 Å². The molecule has 0 saturated heterocycles. The van der Waals surface area contributed by atoms with Crippen LogP contribution in [0.3, 0.4) is 0 Å². The minimum absolute atomic E-state index is 0.420. The zero-order valence-corrected chi connectivity index (χ0v) is 10.6. The summed E-state index contributed by atoms with van der Waals surface area (Å²) < 4.78 is 1.75. The van der Waals surface area contributed by atoms with E-state index in [1.807, 2.05) is 44.2 Å². The van der Waals surface area contributed by atoms with Crippen molar-refractivity contribution < 1.29 is 5.11 Å². The molecule has 17 heavy (non-hydrogen) atoms. The molecule has 1 unspecified atom stereocenters. The van der Waals surface area contributed by atoms with Crippen LogP contribution in [0.4, 0.5) is 0 Å². The highest BCUT2D eigenvalue weighted by molar-refractivity contribution is 6.31. The van der Waals surface area contributed by atoms with Gasteiger partial charge in [0.15, 0.2) is 0 Å². The number of nitrogens with zero attached hydrogens (tertiary/aromatic N) is 2. The van der Waals surface area contributed by atoms with Crippen molar-refractivity contribution in [2.45, 2.75) is 26.5 Å². The van der Waals surface area contributed by atoms with E-state index in [0.29, 0.717) is 11.6 Å². The lowest BCUT2D eigenvalue weighted by molar-refractivity contribution is 0.150. The Labute approximate surface area is 106 Å². The molecule has 3 nitrogen and oxygen atoms in total. The summed E-state index contributed by atoms with van der Waals surface area (Å²) in [6, 6.07) is 9.55. The number of hydrogen-bond acceptors (Lipinski definition) is 2. The highest BCUT2D eigenvalue weighted by atomic mass is 35.5. The summed E-state index contributed by atoms with van der Waals surface area (Å²) in [6.07, 6.45) is -0.565. The molecule has 0 amide bonds. The van der Waals surface area contributed by atoms with Crippen LogP contribution in [0.1, 0.15) is 23.1 Å². The first kappa shape index (κ1) is 12.1. The van der Waals surface area contributed by atoms with Crippen molar-refractivity contribution in [3.8, 4) is 0 Å². The van der Waals surface area contributed by atoms with Gasteiger partial charge < -0.3 is 5.11 Å². The lowest BCUT2D eigenvalue weighted by atomic mass is 10.1. The van der Waals surface area contributed by atoms with Gasteiger partial charge in [0.2, 0.25) is 0 Å². The summed E-state index contributed by atoms with van der Waals surface area (Å²) in [5.74, 6) is 0. The molecule has 0 radical (unpaired) electrons. The average molecular weight is 251 g/mol. The lowest BCUT2D eigenvalue weighted by Crippen LogP contribution is -2.11. The summed E-state index contributed by atoms with van der Waals surface area (Å²) in [7, 11) is 0. The molecular weight excluding hydrogens is 236 g/mol. The van der Waals surface area contributed by atoms with E-state index in [-0.39, 0.29) is 0 Å². The Morgan fingerprint density at radius 2 is 1.94 bits per heavy atom. The number of hydrogen-bond donors (Lipinski definition) is 1. The SMILES string of the molecule is Cc1nn(CC(O)c2ccccc2)c(C)c1Cl. The van der Waals surface area contributed by atoms with E-state index in [1.165, 1.54) is 0 Å². The van der Waals surface area contributed by atoms with Crippen LogP contribution in [0.25, 0.3) is 0 Å². The molecule has 0 saturated carbocycles. The zero-order valence-electron chi connectivity index (χ0n) is 9.89. The van der Waals surface area contributed by atoms with Crippen molar-refractivity contribution in [1.29, 1.82) is 0 Å². The molecule has 0 fully saturated rings. The van der Waals surface area contributed by atoms with E-state index in [9.17, 15) is 5.11 Å². The van der Waals surface area contributed by atoms with Crippen molar-refractivity contribution in [3.05, 3.63) is 52.3 Å². The van der Waals surface area contributed by atoms with Crippen LogP contribution in [0.15, 0.2) is 30.3 Å². The van der Waals surface area contributed by atoms with Crippen molar-refractivity contribution >= 4 is 11.6 Å². The molecule has 1 N–H and O–H groups in total. The van der Waals surface area contributed by atoms with Gasteiger partial charge in [-0.2, -0.15) is 5.10 Å². The summed E-state index contributed by atoms with van der Waals surface area (Å²) >= 11 is 6.06. The van der Waals surface area contributed by atoms with E-state index < -0.39 is 6.10 Å². The van der Waals surface area contributed by atoms with Crippen molar-refractivity contribution in [3.63, 3.8) is 0 Å². The Kier molecular flexibility index (Phi) is 3.50. The van der Waals surface area contributed by atoms with Crippen LogP contribution in [0.2, 0.25) is 5.02 Å². The molecule has 1 aromatic heterocycles. The monoisotopic (exact) mass is 250 g/mol. The van der Waals surface area contributed by atoms with Crippen LogP contribution in [0.5, 0.6) is 0 Å². The lowest BCUT2D eigenvalue weighted by Gasteiger charge is -2.12. The molecule has 4 heteroatoms. The standard InChI is InChI=1S/C13H15ClN2O/c1-9-13(14)10(2)16(15-9)8-12(17)11-6-4-3-5-7-11/h3-7,12,17H,8H2,1-2H3. The van der Waals surface area contributed by atoms with E-state index in [2.05, 4.69) is 5.10 Å². The molecule has 1 heterocycles. The van der Waals surface area contributed by atoms with Crippen LogP contribution in [-0.2, 0) is 6.54 Å². The maximum absolute atomic E-state index is 10.1. The largest absolute Gasteiger partial charge is 0.386 e. The van der Waals surface area contributed by atoms with Crippen molar-refractivity contribution in [2.75, 3.05) is 0 Å². The van der Waals surface area contributed by atoms with Crippen LogP contribution < -0.4 is 0 Å². The first-order valence-electron chi connectivity index (χ1n) is 5.52. The number of aromatic nitrogens is 2. The topological polar surface area (TPSA) is 38.0 Å². The second kappa shape index (κ2) is 4.90. The zero-order chi connectivity index (χ0) is 12.4. The molecule has 90 valence electrons. The first-order chi connectivity index (χ1) is 8.09. The molecule has 1 aromatic carbocycles. The van der Waals surface area contributed by atoms with Gasteiger partial charge in [0.05, 0.1) is 29.1 Å². The Morgan fingerprint density at radius 1 is 1.29 bits per heavy atom. The fourth-order valence-electron chi connectivity index (χ4n) is 1.80. The van der Waals surface area contributed by atoms with E-state index in [0.717, 1.165) is 17.0 Å². The third-order valence-electron chi connectivity index (χ3n) is 2.82. The summed E-state index contributed by atoms with van der Waals surface area (Å²) in [5, 5.41) is 15.1. The smallest absolute Gasteiger partial charge is 0.0986 e. The van der Waals surface area contributed by atoms with Gasteiger partial charge in [-0.05, 0) is 19.4 Å². The summed E-state index contributed by atoms with van der Waals surface area (Å²) in [5.41, 5.74) is 2.57. The maximum Gasteiger partial charge on any atom is 0.0986 e. The molecule has 0 aliphatic rings. The summed E-state index contributed by atoms with van der Waals surface area (Å²) in [6.45, 7) is 4.18. The van der Waals surface area contributed by atoms with Crippen molar-refractivity contribution in [1.82, 2.24) is 9.78 Å². The van der Waals surface area contributed by atoms with Gasteiger partial charge >= 0.3 is 0 Å². The Morgan fingerprint density at radius 3 is 2.47 bits per heavy atom. The van der Waals surface area contributed by atoms with Gasteiger partial charge in [0.1, 0.15) is 0 Å². The number of halogens is 1. The number of aliphatic hydroxyl groups is 1. The van der Waals surface area contributed by atoms with E-state index >= 15 is 0 Å².